The summed E-state index contributed by atoms with van der Waals surface area (Å²) in [6.07, 6.45) is 6.75. The van der Waals surface area contributed by atoms with Crippen molar-refractivity contribution in [2.75, 3.05) is 58.9 Å². The Balaban J connectivity index is 1.12. The third-order valence-electron chi connectivity index (χ3n) is 17.9. The van der Waals surface area contributed by atoms with Crippen LogP contribution >= 0.6 is 0 Å². The molecule has 6 aliphatic rings. The number of carboxylic acid groups (broad SMARTS) is 1. The highest BCUT2D eigenvalue weighted by molar-refractivity contribution is 5.96. The van der Waals surface area contributed by atoms with E-state index in [-0.39, 0.29) is 18.8 Å². The molecule has 7 heterocycles. The predicted octanol–water partition coefficient (Wildman–Crippen LogP) is 4.54. The van der Waals surface area contributed by atoms with Crippen molar-refractivity contribution in [3.8, 4) is 5.75 Å². The molecule has 2 bridgehead atoms. The number of ether oxygens (including phenoxy) is 2. The molecule has 2 saturated heterocycles. The number of carbonyl (C=O) groups is 3. The summed E-state index contributed by atoms with van der Waals surface area (Å²) >= 11 is 0. The molecule has 364 valence electrons. The van der Waals surface area contributed by atoms with E-state index in [1.54, 1.807) is 13.3 Å². The lowest BCUT2D eigenvalue weighted by atomic mass is 9.47. The van der Waals surface area contributed by atoms with Crippen molar-refractivity contribution < 1.29 is 44.3 Å². The quantitative estimate of drug-likeness (QED) is 0.0763. The standard InChI is InChI=1S/C54H64N6O9/c1-6-50(66)26-31-27-53(49(65)69-5,43-35(17-21-59(29-31)30-50)34-14-9-11-16-39(34)56-43)37-24-36-41(25-42(37)68-4)58(3)46-52(36)19-22-60-20-12-18-51(7-2,45(52)60)47(63)54(46,67)48(64)57-40(44(61)62)23-32-28-55-38-15-10-8-13-33(32)38/h8-16,18,24-25,28,31,40,45-47,55-56,63,66-67H,6-7,17,19-23,26-27,29-30H2,1-5H3,(H,57,64)(H,61,62). The van der Waals surface area contributed by atoms with Crippen LogP contribution in [-0.4, -0.2) is 147 Å². The SMILES string of the molecule is CCC1(O)CC2CN(CCc3c([nH]c4ccccc34)C(C(=O)OC)(c3cc4c(cc3OC)N(C)C3C(O)(C(=O)NC(Cc5c[nH]c6ccccc56)C(=O)O)C(O)C5(CC)C=CCN6CCC43C65)C2)C1. The minimum Gasteiger partial charge on any atom is -0.496 e. The summed E-state index contributed by atoms with van der Waals surface area (Å²) in [4.78, 5) is 57.6. The van der Waals surface area contributed by atoms with E-state index in [9.17, 15) is 25.2 Å². The molecule has 69 heavy (non-hydrogen) atoms. The van der Waals surface area contributed by atoms with E-state index in [1.165, 1.54) is 7.11 Å². The van der Waals surface area contributed by atoms with E-state index in [0.717, 1.165) is 32.9 Å². The number of H-pyrrole nitrogens is 2. The number of aromatic nitrogens is 2. The number of amides is 1. The number of piperidine rings is 1. The number of hydrogen-bond donors (Lipinski definition) is 7. The fourth-order valence-electron chi connectivity index (χ4n) is 15.0. The van der Waals surface area contributed by atoms with Gasteiger partial charge in [-0.25, -0.2) is 4.79 Å². The molecule has 11 unspecified atom stereocenters. The van der Waals surface area contributed by atoms with Gasteiger partial charge in [-0.05, 0) is 85.9 Å². The van der Waals surface area contributed by atoms with Crippen molar-refractivity contribution in [1.82, 2.24) is 25.1 Å². The zero-order valence-corrected chi connectivity index (χ0v) is 40.0. The van der Waals surface area contributed by atoms with Crippen LogP contribution in [0.3, 0.4) is 0 Å². The zero-order chi connectivity index (χ0) is 48.4. The molecule has 15 heteroatoms. The number of nitrogens with one attached hydrogen (secondary N) is 3. The van der Waals surface area contributed by atoms with Gasteiger partial charge in [0.2, 0.25) is 0 Å². The smallest absolute Gasteiger partial charge is 0.326 e. The van der Waals surface area contributed by atoms with Crippen molar-refractivity contribution in [2.24, 2.45) is 11.3 Å². The summed E-state index contributed by atoms with van der Waals surface area (Å²) in [7, 11) is 4.81. The van der Waals surface area contributed by atoms with Gasteiger partial charge in [0.25, 0.3) is 5.91 Å². The molecule has 15 nitrogen and oxygen atoms in total. The lowest BCUT2D eigenvalue weighted by molar-refractivity contribution is -0.204. The highest BCUT2D eigenvalue weighted by Gasteiger charge is 2.79. The Morgan fingerprint density at radius 1 is 0.942 bits per heavy atom. The average Bonchev–Trinajstić information content (AvgIpc) is 4.12. The highest BCUT2D eigenvalue weighted by atomic mass is 16.5. The molecule has 1 aliphatic carbocycles. The van der Waals surface area contributed by atoms with E-state index in [1.807, 2.05) is 86.5 Å². The number of aliphatic hydroxyl groups is 3. The second kappa shape index (κ2) is 16.2. The maximum atomic E-state index is 15.5. The fraction of sp³-hybridized carbons (Fsp3) is 0.500. The van der Waals surface area contributed by atoms with E-state index in [4.69, 9.17) is 9.47 Å². The van der Waals surface area contributed by atoms with Gasteiger partial charge in [0.15, 0.2) is 5.60 Å². The number of likely N-dealkylation sites (N-methyl/N-ethyl adjacent to an activating group) is 1. The van der Waals surface area contributed by atoms with Crippen LogP contribution in [0.1, 0.15) is 73.9 Å². The van der Waals surface area contributed by atoms with Gasteiger partial charge in [0, 0.05) is 108 Å². The number of esters is 1. The minimum absolute atomic E-state index is 0.0707. The third kappa shape index (κ3) is 6.25. The number of para-hydroxylation sites is 2. The number of aromatic amines is 2. The number of carbonyl (C=O) groups excluding carboxylic acids is 2. The van der Waals surface area contributed by atoms with Crippen LogP contribution in [0.5, 0.6) is 5.75 Å². The lowest BCUT2D eigenvalue weighted by Gasteiger charge is -2.63. The number of nitrogens with zero attached hydrogens (tertiary/aromatic N) is 3. The second-order valence-corrected chi connectivity index (χ2v) is 21.1. The van der Waals surface area contributed by atoms with Crippen molar-refractivity contribution in [1.29, 1.82) is 0 Å². The van der Waals surface area contributed by atoms with Crippen LogP contribution in [0, 0.1) is 11.3 Å². The van der Waals surface area contributed by atoms with Gasteiger partial charge in [-0.1, -0.05) is 62.4 Å². The zero-order valence-electron chi connectivity index (χ0n) is 40.0. The van der Waals surface area contributed by atoms with Gasteiger partial charge in [0.1, 0.15) is 23.3 Å². The monoisotopic (exact) mass is 940 g/mol. The summed E-state index contributed by atoms with van der Waals surface area (Å²) in [5.74, 6) is -2.47. The highest BCUT2D eigenvalue weighted by Crippen LogP contribution is 2.67. The largest absolute Gasteiger partial charge is 0.496 e. The molecule has 2 aromatic heterocycles. The molecule has 5 aromatic rings. The van der Waals surface area contributed by atoms with Crippen molar-refractivity contribution in [3.05, 3.63) is 107 Å². The molecule has 5 aliphatic heterocycles. The Labute approximate surface area is 401 Å². The van der Waals surface area contributed by atoms with Crippen molar-refractivity contribution in [2.45, 2.75) is 105 Å². The second-order valence-electron chi connectivity index (χ2n) is 21.1. The van der Waals surface area contributed by atoms with Gasteiger partial charge in [-0.3, -0.25) is 19.4 Å². The van der Waals surface area contributed by atoms with Gasteiger partial charge >= 0.3 is 11.9 Å². The molecule has 1 saturated carbocycles. The molecule has 11 rings (SSSR count). The first-order valence-electron chi connectivity index (χ1n) is 24.6. The molecule has 3 fully saturated rings. The summed E-state index contributed by atoms with van der Waals surface area (Å²) in [5.41, 5.74) is -1.08. The van der Waals surface area contributed by atoms with Crippen LogP contribution in [0.2, 0.25) is 0 Å². The first-order valence-corrected chi connectivity index (χ1v) is 24.6. The summed E-state index contributed by atoms with van der Waals surface area (Å²) in [6.45, 7) is 7.04. The third-order valence-corrected chi connectivity index (χ3v) is 17.9. The number of aliphatic hydroxyl groups excluding tert-OH is 1. The maximum Gasteiger partial charge on any atom is 0.326 e. The van der Waals surface area contributed by atoms with Crippen molar-refractivity contribution >= 4 is 45.3 Å². The number of aliphatic carboxylic acids is 1. The number of hydrogen-bond acceptors (Lipinski definition) is 11. The Kier molecular flexibility index (Phi) is 10.7. The molecule has 1 spiro atoms. The molecule has 7 N–H and O–H groups in total. The minimum atomic E-state index is -2.56. The molecule has 1 amide bonds. The summed E-state index contributed by atoms with van der Waals surface area (Å²) in [6, 6.07) is 16.6. The summed E-state index contributed by atoms with van der Waals surface area (Å²) in [5, 5.41) is 54.1. The average molecular weight is 941 g/mol. The number of anilines is 1. The normalized spacial score (nSPS) is 33.9. The number of methoxy groups -OCH3 is 2. The lowest BCUT2D eigenvalue weighted by Crippen LogP contribution is -2.82. The first-order chi connectivity index (χ1) is 33.1. The van der Waals surface area contributed by atoms with Crippen LogP contribution < -0.4 is 15.0 Å². The van der Waals surface area contributed by atoms with Crippen LogP contribution in [-0.2, 0) is 42.8 Å². The molecule has 11 atom stereocenters. The van der Waals surface area contributed by atoms with E-state index in [2.05, 4.69) is 37.2 Å². The topological polar surface area (TPSA) is 204 Å². The molecule has 3 aromatic carbocycles. The van der Waals surface area contributed by atoms with Gasteiger partial charge in [-0.15, -0.1) is 0 Å². The molecule has 0 radical (unpaired) electrons. The first kappa shape index (κ1) is 45.7. The molecular formula is C54H64N6O9. The van der Waals surface area contributed by atoms with E-state index in [0.29, 0.717) is 93.1 Å². The van der Waals surface area contributed by atoms with Crippen LogP contribution in [0.25, 0.3) is 21.8 Å². The fourth-order valence-corrected chi connectivity index (χ4v) is 15.0. The van der Waals surface area contributed by atoms with Gasteiger partial charge in [-0.2, -0.15) is 0 Å². The van der Waals surface area contributed by atoms with E-state index < -0.39 is 69.5 Å². The van der Waals surface area contributed by atoms with Crippen molar-refractivity contribution in [3.63, 3.8) is 0 Å². The number of rotatable bonds is 10. The Morgan fingerprint density at radius 2 is 1.70 bits per heavy atom. The van der Waals surface area contributed by atoms with Gasteiger partial charge in [0.05, 0.1) is 25.9 Å². The summed E-state index contributed by atoms with van der Waals surface area (Å²) < 4.78 is 12.4. The number of benzene rings is 3. The Bertz CT molecular complexity index is 2930. The van der Waals surface area contributed by atoms with Crippen LogP contribution in [0.4, 0.5) is 5.69 Å². The predicted molar refractivity (Wildman–Crippen MR) is 260 cm³/mol. The van der Waals surface area contributed by atoms with Gasteiger partial charge < -0.3 is 50.1 Å². The Hall–Kier alpha value is -5.71. The number of fused-ring (bicyclic) bond motifs is 7. The van der Waals surface area contributed by atoms with Crippen LogP contribution in [0.15, 0.2) is 79.0 Å². The molecular weight excluding hydrogens is 877 g/mol. The van der Waals surface area contributed by atoms with E-state index >= 15 is 9.59 Å². The maximum absolute atomic E-state index is 15.5. The number of carboxylic acids is 1. The Morgan fingerprint density at radius 3 is 2.42 bits per heavy atom.